The van der Waals surface area contributed by atoms with Gasteiger partial charge >= 0.3 is 0 Å². The highest BCUT2D eigenvalue weighted by atomic mass is 16.5. The molecule has 1 heterocycles. The standard InChI is InChI=1S/C26H31NO4/c1-5-26(2,3)20-11-13-23(29-4)19(17-20)18-22-12-14-24(31-22)25(28)27-15-16-30-21-9-7-6-8-10-21/h6-14,17H,5,15-16,18H2,1-4H3,(H,27,28). The van der Waals surface area contributed by atoms with Crippen molar-refractivity contribution >= 4 is 5.91 Å². The first-order valence-corrected chi connectivity index (χ1v) is 10.6. The van der Waals surface area contributed by atoms with Crippen LogP contribution in [-0.4, -0.2) is 26.2 Å². The second-order valence-corrected chi connectivity index (χ2v) is 8.12. The Bertz CT molecular complexity index is 992. The quantitative estimate of drug-likeness (QED) is 0.447. The van der Waals surface area contributed by atoms with Crippen LogP contribution in [0.3, 0.4) is 0 Å². The Hall–Kier alpha value is -3.21. The van der Waals surface area contributed by atoms with Gasteiger partial charge in [-0.15, -0.1) is 0 Å². The Morgan fingerprint density at radius 1 is 1.06 bits per heavy atom. The fraction of sp³-hybridized carbons (Fsp3) is 0.346. The monoisotopic (exact) mass is 421 g/mol. The molecule has 2 aromatic carbocycles. The van der Waals surface area contributed by atoms with Crippen LogP contribution in [0.5, 0.6) is 11.5 Å². The number of nitrogens with one attached hydrogen (secondary N) is 1. The summed E-state index contributed by atoms with van der Waals surface area (Å²) < 4.78 is 16.9. The van der Waals surface area contributed by atoms with E-state index >= 15 is 0 Å². The third-order valence-electron chi connectivity index (χ3n) is 5.60. The maximum atomic E-state index is 12.4. The van der Waals surface area contributed by atoms with Crippen molar-refractivity contribution in [1.82, 2.24) is 5.32 Å². The van der Waals surface area contributed by atoms with Gasteiger partial charge in [-0.3, -0.25) is 4.79 Å². The van der Waals surface area contributed by atoms with Crippen LogP contribution < -0.4 is 14.8 Å². The summed E-state index contributed by atoms with van der Waals surface area (Å²) in [5.74, 6) is 2.35. The van der Waals surface area contributed by atoms with Crippen molar-refractivity contribution in [2.75, 3.05) is 20.3 Å². The minimum Gasteiger partial charge on any atom is -0.496 e. The molecule has 0 saturated carbocycles. The molecule has 0 spiro atoms. The second kappa shape index (κ2) is 10.2. The zero-order chi connectivity index (χ0) is 22.3. The van der Waals surface area contributed by atoms with Crippen LogP contribution in [0, 0.1) is 0 Å². The topological polar surface area (TPSA) is 60.7 Å². The number of rotatable bonds is 10. The summed E-state index contributed by atoms with van der Waals surface area (Å²) in [7, 11) is 1.67. The predicted molar refractivity (Wildman–Crippen MR) is 122 cm³/mol. The first kappa shape index (κ1) is 22.5. The van der Waals surface area contributed by atoms with Crippen LogP contribution in [0.2, 0.25) is 0 Å². The van der Waals surface area contributed by atoms with Crippen molar-refractivity contribution < 1.29 is 18.7 Å². The number of carbonyl (C=O) groups is 1. The fourth-order valence-electron chi connectivity index (χ4n) is 3.26. The molecular formula is C26H31NO4. The SMILES string of the molecule is CCC(C)(C)c1ccc(OC)c(Cc2ccc(C(=O)NCCOc3ccccc3)o2)c1. The van der Waals surface area contributed by atoms with E-state index in [9.17, 15) is 4.79 Å². The third-order valence-corrected chi connectivity index (χ3v) is 5.60. The lowest BCUT2D eigenvalue weighted by molar-refractivity contribution is 0.0917. The number of benzene rings is 2. The predicted octanol–water partition coefficient (Wildman–Crippen LogP) is 5.38. The van der Waals surface area contributed by atoms with Gasteiger partial charge in [0.2, 0.25) is 0 Å². The van der Waals surface area contributed by atoms with E-state index in [1.807, 2.05) is 42.5 Å². The average molecular weight is 422 g/mol. The number of furan rings is 1. The molecule has 0 unspecified atom stereocenters. The maximum Gasteiger partial charge on any atom is 0.287 e. The van der Waals surface area contributed by atoms with Crippen molar-refractivity contribution in [2.45, 2.75) is 39.0 Å². The lowest BCUT2D eigenvalue weighted by atomic mass is 9.81. The van der Waals surface area contributed by atoms with Crippen molar-refractivity contribution in [2.24, 2.45) is 0 Å². The van der Waals surface area contributed by atoms with E-state index in [2.05, 4.69) is 38.2 Å². The van der Waals surface area contributed by atoms with Gasteiger partial charge in [-0.2, -0.15) is 0 Å². The van der Waals surface area contributed by atoms with E-state index < -0.39 is 0 Å². The van der Waals surface area contributed by atoms with Gasteiger partial charge in [0, 0.05) is 12.0 Å². The summed E-state index contributed by atoms with van der Waals surface area (Å²) in [4.78, 5) is 12.4. The highest BCUT2D eigenvalue weighted by Gasteiger charge is 2.20. The van der Waals surface area contributed by atoms with Gasteiger partial charge in [0.15, 0.2) is 5.76 Å². The summed E-state index contributed by atoms with van der Waals surface area (Å²) in [6.45, 7) is 7.43. The van der Waals surface area contributed by atoms with Gasteiger partial charge in [0.1, 0.15) is 23.9 Å². The lowest BCUT2D eigenvalue weighted by Gasteiger charge is -2.24. The van der Waals surface area contributed by atoms with E-state index in [1.165, 1.54) is 5.56 Å². The van der Waals surface area contributed by atoms with E-state index in [-0.39, 0.29) is 11.3 Å². The Morgan fingerprint density at radius 2 is 1.84 bits per heavy atom. The summed E-state index contributed by atoms with van der Waals surface area (Å²) in [6.07, 6.45) is 1.60. The minimum atomic E-state index is -0.254. The summed E-state index contributed by atoms with van der Waals surface area (Å²) >= 11 is 0. The van der Waals surface area contributed by atoms with E-state index in [1.54, 1.807) is 13.2 Å². The molecule has 1 aromatic heterocycles. The Balaban J connectivity index is 1.60. The molecule has 3 aromatic rings. The van der Waals surface area contributed by atoms with Gasteiger partial charge in [-0.05, 0) is 47.7 Å². The number of hydrogen-bond acceptors (Lipinski definition) is 4. The largest absolute Gasteiger partial charge is 0.496 e. The Kier molecular flexibility index (Phi) is 7.40. The molecule has 164 valence electrons. The zero-order valence-corrected chi connectivity index (χ0v) is 18.7. The molecule has 1 N–H and O–H groups in total. The van der Waals surface area contributed by atoms with Crippen LogP contribution in [0.4, 0.5) is 0 Å². The van der Waals surface area contributed by atoms with Gasteiger partial charge in [0.25, 0.3) is 5.91 Å². The van der Waals surface area contributed by atoms with Gasteiger partial charge < -0.3 is 19.2 Å². The summed E-state index contributed by atoms with van der Waals surface area (Å²) in [5, 5.41) is 2.82. The van der Waals surface area contributed by atoms with Crippen molar-refractivity contribution in [3.8, 4) is 11.5 Å². The molecule has 0 saturated heterocycles. The molecule has 0 atom stereocenters. The third kappa shape index (κ3) is 5.91. The molecule has 0 bridgehead atoms. The van der Waals surface area contributed by atoms with Gasteiger partial charge in [-0.1, -0.05) is 51.1 Å². The van der Waals surface area contributed by atoms with Gasteiger partial charge in [-0.25, -0.2) is 0 Å². The van der Waals surface area contributed by atoms with Crippen molar-refractivity contribution in [3.63, 3.8) is 0 Å². The van der Waals surface area contributed by atoms with Crippen molar-refractivity contribution in [1.29, 1.82) is 0 Å². The molecule has 31 heavy (non-hydrogen) atoms. The number of ether oxygens (including phenoxy) is 2. The number of methoxy groups -OCH3 is 1. The number of amides is 1. The second-order valence-electron chi connectivity index (χ2n) is 8.12. The number of carbonyl (C=O) groups excluding carboxylic acids is 1. The molecule has 3 rings (SSSR count). The normalized spacial score (nSPS) is 11.2. The van der Waals surface area contributed by atoms with E-state index in [0.717, 1.165) is 29.2 Å². The Morgan fingerprint density at radius 3 is 2.55 bits per heavy atom. The molecule has 0 aliphatic rings. The summed E-state index contributed by atoms with van der Waals surface area (Å²) in [5.41, 5.74) is 2.38. The van der Waals surface area contributed by atoms with Crippen LogP contribution in [0.15, 0.2) is 65.1 Å². The van der Waals surface area contributed by atoms with Crippen LogP contribution in [0.1, 0.15) is 54.6 Å². The minimum absolute atomic E-state index is 0.0804. The summed E-state index contributed by atoms with van der Waals surface area (Å²) in [6, 6.07) is 19.3. The lowest BCUT2D eigenvalue weighted by Crippen LogP contribution is -2.27. The fourth-order valence-corrected chi connectivity index (χ4v) is 3.26. The van der Waals surface area contributed by atoms with E-state index in [0.29, 0.717) is 25.3 Å². The molecule has 5 heteroatoms. The molecule has 5 nitrogen and oxygen atoms in total. The van der Waals surface area contributed by atoms with E-state index in [4.69, 9.17) is 13.9 Å². The molecule has 0 radical (unpaired) electrons. The molecular weight excluding hydrogens is 390 g/mol. The number of para-hydroxylation sites is 1. The number of hydrogen-bond donors (Lipinski definition) is 1. The van der Waals surface area contributed by atoms with Crippen LogP contribution >= 0.6 is 0 Å². The smallest absolute Gasteiger partial charge is 0.287 e. The highest BCUT2D eigenvalue weighted by Crippen LogP contribution is 2.32. The Labute approximate surface area is 184 Å². The molecule has 0 aliphatic carbocycles. The maximum absolute atomic E-state index is 12.4. The highest BCUT2D eigenvalue weighted by molar-refractivity contribution is 5.91. The van der Waals surface area contributed by atoms with Crippen LogP contribution in [-0.2, 0) is 11.8 Å². The first-order valence-electron chi connectivity index (χ1n) is 10.6. The van der Waals surface area contributed by atoms with Crippen molar-refractivity contribution in [3.05, 3.63) is 83.3 Å². The van der Waals surface area contributed by atoms with Crippen LogP contribution in [0.25, 0.3) is 0 Å². The molecule has 1 amide bonds. The average Bonchev–Trinajstić information content (AvgIpc) is 3.26. The van der Waals surface area contributed by atoms with Gasteiger partial charge in [0.05, 0.1) is 13.7 Å². The first-order chi connectivity index (χ1) is 14.9. The molecule has 0 fully saturated rings. The zero-order valence-electron chi connectivity index (χ0n) is 18.7. The molecule has 0 aliphatic heterocycles.